The summed E-state index contributed by atoms with van der Waals surface area (Å²) in [6.45, 7) is 2.67. The summed E-state index contributed by atoms with van der Waals surface area (Å²) < 4.78 is 5.84. The number of hydrogen-bond donors (Lipinski definition) is 2. The summed E-state index contributed by atoms with van der Waals surface area (Å²) in [5, 5.41) is 6.73. The van der Waals surface area contributed by atoms with E-state index in [4.69, 9.17) is 16.3 Å². The van der Waals surface area contributed by atoms with Crippen molar-refractivity contribution in [1.29, 1.82) is 0 Å². The molecular weight excluding hydrogens is 346 g/mol. The van der Waals surface area contributed by atoms with E-state index in [1.165, 1.54) is 7.11 Å². The minimum absolute atomic E-state index is 0.242. The number of nitrogens with zero attached hydrogens (tertiary/aromatic N) is 3. The Bertz CT molecular complexity index is 610. The van der Waals surface area contributed by atoms with Crippen LogP contribution in [0.5, 0.6) is 6.01 Å². The Morgan fingerprint density at radius 2 is 2.00 bits per heavy atom. The van der Waals surface area contributed by atoms with Gasteiger partial charge in [0.1, 0.15) is 0 Å². The van der Waals surface area contributed by atoms with E-state index >= 15 is 0 Å². The number of nitrogens with one attached hydrogen (secondary N) is 2. The second-order valence-corrected chi connectivity index (χ2v) is 5.02. The lowest BCUT2D eigenvalue weighted by molar-refractivity contribution is 0.379. The molecule has 0 bridgehead atoms. The number of rotatable bonds is 5. The van der Waals surface area contributed by atoms with Crippen molar-refractivity contribution in [1.82, 2.24) is 15.0 Å². The van der Waals surface area contributed by atoms with Crippen LogP contribution in [0.15, 0.2) is 22.7 Å². The molecule has 2 N–H and O–H groups in total. The molecule has 8 heteroatoms. The Morgan fingerprint density at radius 3 is 2.65 bits per heavy atom. The minimum atomic E-state index is 0.242. The van der Waals surface area contributed by atoms with Crippen LogP contribution in [0, 0.1) is 0 Å². The summed E-state index contributed by atoms with van der Waals surface area (Å²) >= 11 is 9.32. The normalized spacial score (nSPS) is 10.2. The minimum Gasteiger partial charge on any atom is -0.467 e. The molecule has 0 unspecified atom stereocenters. The summed E-state index contributed by atoms with van der Waals surface area (Å²) in [5.41, 5.74) is 0.803. The summed E-state index contributed by atoms with van der Waals surface area (Å²) in [5.74, 6) is 0.844. The largest absolute Gasteiger partial charge is 0.467 e. The van der Waals surface area contributed by atoms with Gasteiger partial charge in [-0.1, -0.05) is 11.6 Å². The average molecular weight is 359 g/mol. The summed E-state index contributed by atoms with van der Waals surface area (Å²) in [7, 11) is 1.51. The third kappa shape index (κ3) is 3.71. The highest BCUT2D eigenvalue weighted by atomic mass is 79.9. The molecule has 2 rings (SSSR count). The molecule has 2 aromatic rings. The number of ether oxygens (including phenoxy) is 1. The van der Waals surface area contributed by atoms with Crippen LogP contribution in [0.3, 0.4) is 0 Å². The highest BCUT2D eigenvalue weighted by Gasteiger charge is 2.07. The van der Waals surface area contributed by atoms with Gasteiger partial charge in [0.2, 0.25) is 11.9 Å². The van der Waals surface area contributed by atoms with Crippen LogP contribution in [0.1, 0.15) is 6.92 Å². The van der Waals surface area contributed by atoms with Crippen molar-refractivity contribution in [2.75, 3.05) is 24.3 Å². The van der Waals surface area contributed by atoms with Gasteiger partial charge in [-0.15, -0.1) is 0 Å². The Kier molecular flexibility index (Phi) is 4.97. The van der Waals surface area contributed by atoms with Crippen molar-refractivity contribution in [2.45, 2.75) is 6.92 Å². The fourth-order valence-corrected chi connectivity index (χ4v) is 1.94. The van der Waals surface area contributed by atoms with Crippen LogP contribution < -0.4 is 15.4 Å². The van der Waals surface area contributed by atoms with Crippen molar-refractivity contribution in [3.05, 3.63) is 27.7 Å². The summed E-state index contributed by atoms with van der Waals surface area (Å²) in [4.78, 5) is 12.5. The maximum Gasteiger partial charge on any atom is 0.322 e. The molecule has 1 aromatic heterocycles. The highest BCUT2D eigenvalue weighted by molar-refractivity contribution is 9.10. The van der Waals surface area contributed by atoms with Crippen molar-refractivity contribution in [3.63, 3.8) is 0 Å². The molecule has 0 atom stereocenters. The van der Waals surface area contributed by atoms with Gasteiger partial charge in [0.05, 0.1) is 12.1 Å². The predicted molar refractivity (Wildman–Crippen MR) is 83.0 cm³/mol. The van der Waals surface area contributed by atoms with E-state index in [-0.39, 0.29) is 6.01 Å². The van der Waals surface area contributed by atoms with E-state index in [1.807, 2.05) is 19.1 Å². The fraction of sp³-hybridized carbons (Fsp3) is 0.250. The second-order valence-electron chi connectivity index (χ2n) is 3.75. The molecule has 0 aliphatic heterocycles. The first-order chi connectivity index (χ1) is 9.62. The molecule has 6 nitrogen and oxygen atoms in total. The molecule has 0 aliphatic rings. The molecule has 0 aliphatic carbocycles. The summed E-state index contributed by atoms with van der Waals surface area (Å²) in [6, 6.07) is 5.69. The van der Waals surface area contributed by atoms with Crippen molar-refractivity contribution < 1.29 is 4.74 Å². The van der Waals surface area contributed by atoms with Gasteiger partial charge in [0.15, 0.2) is 0 Å². The topological polar surface area (TPSA) is 72.0 Å². The predicted octanol–water partition coefficient (Wildman–Crippen LogP) is 3.47. The molecule has 20 heavy (non-hydrogen) atoms. The van der Waals surface area contributed by atoms with Gasteiger partial charge in [-0.2, -0.15) is 15.0 Å². The second kappa shape index (κ2) is 6.71. The lowest BCUT2D eigenvalue weighted by Gasteiger charge is -2.09. The number of hydrogen-bond acceptors (Lipinski definition) is 6. The quantitative estimate of drug-likeness (QED) is 0.852. The van der Waals surface area contributed by atoms with E-state index in [0.717, 1.165) is 10.2 Å². The maximum absolute atomic E-state index is 5.95. The van der Waals surface area contributed by atoms with Crippen LogP contribution in [-0.4, -0.2) is 28.6 Å². The average Bonchev–Trinajstić information content (AvgIpc) is 2.43. The molecule has 1 aromatic carbocycles. The molecule has 0 radical (unpaired) electrons. The van der Waals surface area contributed by atoms with Gasteiger partial charge in [0, 0.05) is 16.7 Å². The highest BCUT2D eigenvalue weighted by Crippen LogP contribution is 2.27. The third-order valence-corrected chi connectivity index (χ3v) is 3.52. The van der Waals surface area contributed by atoms with E-state index in [2.05, 4.69) is 41.5 Å². The lowest BCUT2D eigenvalue weighted by atomic mass is 10.3. The number of halogens is 2. The lowest BCUT2D eigenvalue weighted by Crippen LogP contribution is -2.07. The number of aromatic nitrogens is 3. The Balaban J connectivity index is 2.27. The molecule has 0 spiro atoms. The zero-order valence-electron chi connectivity index (χ0n) is 10.9. The molecule has 106 valence electrons. The molecule has 0 amide bonds. The van der Waals surface area contributed by atoms with Gasteiger partial charge >= 0.3 is 6.01 Å². The number of methoxy groups -OCH3 is 1. The Hall–Kier alpha value is -1.60. The van der Waals surface area contributed by atoms with Crippen LogP contribution in [0.2, 0.25) is 5.02 Å². The van der Waals surface area contributed by atoms with Gasteiger partial charge < -0.3 is 15.4 Å². The van der Waals surface area contributed by atoms with E-state index in [1.54, 1.807) is 6.07 Å². The van der Waals surface area contributed by atoms with E-state index in [0.29, 0.717) is 23.5 Å². The third-order valence-electron chi connectivity index (χ3n) is 2.31. The van der Waals surface area contributed by atoms with Crippen LogP contribution >= 0.6 is 27.5 Å². The number of anilines is 3. The zero-order valence-corrected chi connectivity index (χ0v) is 13.3. The zero-order chi connectivity index (χ0) is 14.5. The van der Waals surface area contributed by atoms with Gasteiger partial charge in [-0.3, -0.25) is 0 Å². The molecule has 0 saturated carbocycles. The molecule has 0 fully saturated rings. The van der Waals surface area contributed by atoms with Gasteiger partial charge in [0.25, 0.3) is 0 Å². The molecule has 0 saturated heterocycles. The van der Waals surface area contributed by atoms with Gasteiger partial charge in [-0.05, 0) is 41.1 Å². The Labute approximate surface area is 130 Å². The molecule has 1 heterocycles. The van der Waals surface area contributed by atoms with E-state index in [9.17, 15) is 0 Å². The van der Waals surface area contributed by atoms with Crippen LogP contribution in [-0.2, 0) is 0 Å². The first-order valence-electron chi connectivity index (χ1n) is 5.88. The first-order valence-corrected chi connectivity index (χ1v) is 7.05. The monoisotopic (exact) mass is 357 g/mol. The van der Waals surface area contributed by atoms with E-state index < -0.39 is 0 Å². The number of benzene rings is 1. The first kappa shape index (κ1) is 14.8. The van der Waals surface area contributed by atoms with Gasteiger partial charge in [-0.25, -0.2) is 0 Å². The maximum atomic E-state index is 5.95. The standard InChI is InChI=1S/C12H13BrClN5O/c1-3-15-10-17-11(19-12(18-10)20-2)16-7-4-5-9(14)8(13)6-7/h4-6H,3H2,1-2H3,(H2,15,16,17,18,19). The molecular formula is C12H13BrClN5O. The summed E-state index contributed by atoms with van der Waals surface area (Å²) in [6.07, 6.45) is 0. The van der Waals surface area contributed by atoms with Crippen LogP contribution in [0.4, 0.5) is 17.6 Å². The SMILES string of the molecule is CCNc1nc(Nc2ccc(Cl)c(Br)c2)nc(OC)n1. The van der Waals surface area contributed by atoms with Crippen molar-refractivity contribution >= 4 is 45.1 Å². The smallest absolute Gasteiger partial charge is 0.322 e. The van der Waals surface area contributed by atoms with Crippen molar-refractivity contribution in [2.24, 2.45) is 0 Å². The Morgan fingerprint density at radius 1 is 1.25 bits per heavy atom. The van der Waals surface area contributed by atoms with Crippen LogP contribution in [0.25, 0.3) is 0 Å². The van der Waals surface area contributed by atoms with Crippen molar-refractivity contribution in [3.8, 4) is 6.01 Å². The fourth-order valence-electron chi connectivity index (χ4n) is 1.44.